The van der Waals surface area contributed by atoms with Crippen molar-refractivity contribution < 1.29 is 27.8 Å². The van der Waals surface area contributed by atoms with E-state index in [1.165, 1.54) is 19.2 Å². The van der Waals surface area contributed by atoms with Crippen LogP contribution in [0, 0.1) is 17.6 Å². The largest absolute Gasteiger partial charge is 0.494 e. The summed E-state index contributed by atoms with van der Waals surface area (Å²) in [6.07, 6.45) is 2.06. The Morgan fingerprint density at radius 1 is 1.07 bits per heavy atom. The van der Waals surface area contributed by atoms with E-state index >= 15 is 0 Å². The van der Waals surface area contributed by atoms with Gasteiger partial charge in [-0.05, 0) is 58.6 Å². The van der Waals surface area contributed by atoms with Crippen LogP contribution in [0.25, 0.3) is 0 Å². The van der Waals surface area contributed by atoms with Gasteiger partial charge in [0.15, 0.2) is 17.3 Å². The van der Waals surface area contributed by atoms with Gasteiger partial charge >= 0.3 is 6.09 Å². The molecule has 0 saturated carbocycles. The summed E-state index contributed by atoms with van der Waals surface area (Å²) in [7, 11) is 1.24. The first-order chi connectivity index (χ1) is 12.6. The van der Waals surface area contributed by atoms with Crippen molar-refractivity contribution >= 4 is 11.9 Å². The Labute approximate surface area is 157 Å². The molecule has 0 aromatic heterocycles. The van der Waals surface area contributed by atoms with E-state index in [4.69, 9.17) is 9.47 Å². The Kier molecular flexibility index (Phi) is 5.14. The van der Waals surface area contributed by atoms with Gasteiger partial charge in [-0.25, -0.2) is 9.18 Å². The number of nitrogens with zero attached hydrogens (tertiary/aromatic N) is 1. The predicted molar refractivity (Wildman–Crippen MR) is 94.8 cm³/mol. The molecule has 1 aromatic rings. The van der Waals surface area contributed by atoms with Crippen LogP contribution in [0.15, 0.2) is 12.1 Å². The zero-order valence-corrected chi connectivity index (χ0v) is 16.1. The molecular formula is C20H25F2NO4. The standard InChI is InChI=1S/C20H25F2NO4/c1-20(2,3)27-19(25)23-12-5-6-13(23)10-11(9-12)18(24)14-7-8-15(26-4)17(22)16(14)21/h7-8,11-13H,5-6,9-10H2,1-4H3. The Bertz CT molecular complexity index is 745. The summed E-state index contributed by atoms with van der Waals surface area (Å²) in [6.45, 7) is 5.43. The number of ether oxygens (including phenoxy) is 2. The fraction of sp³-hybridized carbons (Fsp3) is 0.600. The van der Waals surface area contributed by atoms with Gasteiger partial charge in [-0.1, -0.05) is 0 Å². The molecule has 2 bridgehead atoms. The van der Waals surface area contributed by atoms with Gasteiger partial charge in [-0.15, -0.1) is 0 Å². The second kappa shape index (κ2) is 7.09. The zero-order chi connectivity index (χ0) is 19.9. The topological polar surface area (TPSA) is 55.8 Å². The molecule has 2 unspecified atom stereocenters. The maximum atomic E-state index is 14.3. The second-order valence-corrected chi connectivity index (χ2v) is 8.25. The Morgan fingerprint density at radius 3 is 2.19 bits per heavy atom. The minimum absolute atomic E-state index is 0.112. The summed E-state index contributed by atoms with van der Waals surface area (Å²) >= 11 is 0. The molecular weight excluding hydrogens is 356 g/mol. The minimum Gasteiger partial charge on any atom is -0.494 e. The second-order valence-electron chi connectivity index (χ2n) is 8.25. The van der Waals surface area contributed by atoms with E-state index in [0.717, 1.165) is 12.8 Å². The minimum atomic E-state index is -1.18. The Morgan fingerprint density at radius 2 is 1.67 bits per heavy atom. The van der Waals surface area contributed by atoms with Gasteiger partial charge < -0.3 is 14.4 Å². The van der Waals surface area contributed by atoms with E-state index in [0.29, 0.717) is 12.8 Å². The molecule has 27 heavy (non-hydrogen) atoms. The fourth-order valence-electron chi connectivity index (χ4n) is 4.10. The molecule has 148 valence electrons. The predicted octanol–water partition coefficient (Wildman–Crippen LogP) is 4.33. The van der Waals surface area contributed by atoms with E-state index in [1.807, 2.05) is 20.8 Å². The van der Waals surface area contributed by atoms with Gasteiger partial charge in [0.1, 0.15) is 5.60 Å². The molecule has 1 amide bonds. The molecule has 1 aromatic carbocycles. The number of amides is 1. The molecule has 0 radical (unpaired) electrons. The van der Waals surface area contributed by atoms with E-state index < -0.39 is 28.9 Å². The normalized spacial score (nSPS) is 24.7. The molecule has 2 fully saturated rings. The molecule has 5 nitrogen and oxygen atoms in total. The molecule has 2 saturated heterocycles. The lowest BCUT2D eigenvalue weighted by Crippen LogP contribution is -2.49. The van der Waals surface area contributed by atoms with Crippen LogP contribution in [-0.2, 0) is 4.74 Å². The highest BCUT2D eigenvalue weighted by atomic mass is 19.2. The smallest absolute Gasteiger partial charge is 0.410 e. The van der Waals surface area contributed by atoms with Crippen LogP contribution in [-0.4, -0.2) is 41.6 Å². The summed E-state index contributed by atoms with van der Waals surface area (Å²) in [5.41, 5.74) is -0.851. The number of halogens is 2. The van der Waals surface area contributed by atoms with Crippen molar-refractivity contribution in [1.29, 1.82) is 0 Å². The quantitative estimate of drug-likeness (QED) is 0.731. The summed E-state index contributed by atoms with van der Waals surface area (Å²) < 4.78 is 38.5. The van der Waals surface area contributed by atoms with E-state index in [2.05, 4.69) is 0 Å². The van der Waals surface area contributed by atoms with Crippen molar-refractivity contribution in [2.24, 2.45) is 5.92 Å². The summed E-state index contributed by atoms with van der Waals surface area (Å²) in [4.78, 5) is 27.0. The average Bonchev–Trinajstić information content (AvgIpc) is 2.85. The van der Waals surface area contributed by atoms with Crippen LogP contribution < -0.4 is 4.74 Å². The van der Waals surface area contributed by atoms with Crippen LogP contribution >= 0.6 is 0 Å². The first-order valence-electron chi connectivity index (χ1n) is 9.20. The summed E-state index contributed by atoms with van der Waals surface area (Å²) in [5.74, 6) is -3.43. The highest BCUT2D eigenvalue weighted by Gasteiger charge is 2.47. The molecule has 0 aliphatic carbocycles. The maximum Gasteiger partial charge on any atom is 0.410 e. The molecule has 0 spiro atoms. The number of ketones is 1. The third-order valence-corrected chi connectivity index (χ3v) is 5.24. The molecule has 7 heteroatoms. The van der Waals surface area contributed by atoms with Gasteiger partial charge in [0, 0.05) is 18.0 Å². The molecule has 2 aliphatic heterocycles. The van der Waals surface area contributed by atoms with Crippen molar-refractivity contribution in [3.8, 4) is 5.75 Å². The van der Waals surface area contributed by atoms with Gasteiger partial charge in [-0.3, -0.25) is 4.79 Å². The van der Waals surface area contributed by atoms with Gasteiger partial charge in [0.25, 0.3) is 0 Å². The Balaban J connectivity index is 1.76. The van der Waals surface area contributed by atoms with Crippen molar-refractivity contribution in [3.05, 3.63) is 29.3 Å². The lowest BCUT2D eigenvalue weighted by atomic mass is 9.84. The fourth-order valence-corrected chi connectivity index (χ4v) is 4.10. The van der Waals surface area contributed by atoms with Crippen LogP contribution in [0.3, 0.4) is 0 Å². The van der Waals surface area contributed by atoms with Crippen molar-refractivity contribution in [2.75, 3.05) is 7.11 Å². The monoisotopic (exact) mass is 381 g/mol. The van der Waals surface area contributed by atoms with Crippen LogP contribution in [0.4, 0.5) is 13.6 Å². The molecule has 0 N–H and O–H groups in total. The van der Waals surface area contributed by atoms with Gasteiger partial charge in [0.05, 0.1) is 12.7 Å². The van der Waals surface area contributed by atoms with Gasteiger partial charge in [0.2, 0.25) is 5.82 Å². The number of hydrogen-bond donors (Lipinski definition) is 0. The number of Topliss-reactive ketones (excluding diaryl/α,β-unsaturated/α-hetero) is 1. The number of rotatable bonds is 3. The van der Waals surface area contributed by atoms with Crippen LogP contribution in [0.5, 0.6) is 5.75 Å². The van der Waals surface area contributed by atoms with Crippen LogP contribution in [0.2, 0.25) is 0 Å². The molecule has 2 heterocycles. The average molecular weight is 381 g/mol. The van der Waals surface area contributed by atoms with E-state index in [1.54, 1.807) is 4.90 Å². The lowest BCUT2D eigenvalue weighted by molar-refractivity contribution is 0.00250. The van der Waals surface area contributed by atoms with E-state index in [9.17, 15) is 18.4 Å². The zero-order valence-electron chi connectivity index (χ0n) is 16.1. The molecule has 3 rings (SSSR count). The number of carbonyl (C=O) groups excluding carboxylic acids is 2. The number of methoxy groups -OCH3 is 1. The SMILES string of the molecule is COc1ccc(C(=O)C2CC3CCC(C2)N3C(=O)OC(C)(C)C)c(F)c1F. The molecule has 2 atom stereocenters. The highest BCUT2D eigenvalue weighted by Crippen LogP contribution is 2.41. The maximum absolute atomic E-state index is 14.3. The number of benzene rings is 1. The Hall–Kier alpha value is -2.18. The first kappa shape index (κ1) is 19.6. The third-order valence-electron chi connectivity index (χ3n) is 5.24. The van der Waals surface area contributed by atoms with Crippen LogP contribution in [0.1, 0.15) is 56.8 Å². The third kappa shape index (κ3) is 3.77. The summed E-state index contributed by atoms with van der Waals surface area (Å²) in [5, 5.41) is 0. The highest BCUT2D eigenvalue weighted by molar-refractivity contribution is 5.98. The first-order valence-corrected chi connectivity index (χ1v) is 9.20. The summed E-state index contributed by atoms with van der Waals surface area (Å²) in [6, 6.07) is 2.30. The van der Waals surface area contributed by atoms with Crippen molar-refractivity contribution in [2.45, 2.75) is 64.1 Å². The van der Waals surface area contributed by atoms with Gasteiger partial charge in [-0.2, -0.15) is 4.39 Å². The number of fused-ring (bicyclic) bond motifs is 2. The van der Waals surface area contributed by atoms with E-state index in [-0.39, 0.29) is 29.5 Å². The number of hydrogen-bond acceptors (Lipinski definition) is 4. The van der Waals surface area contributed by atoms with Crippen molar-refractivity contribution in [1.82, 2.24) is 4.90 Å². The van der Waals surface area contributed by atoms with Crippen molar-refractivity contribution in [3.63, 3.8) is 0 Å². The lowest BCUT2D eigenvalue weighted by Gasteiger charge is -2.39. The number of piperidine rings is 1. The number of carbonyl (C=O) groups is 2. The molecule has 2 aliphatic rings.